The van der Waals surface area contributed by atoms with Crippen LogP contribution in [0.15, 0.2) is 29.3 Å². The molecule has 0 spiro atoms. The number of ether oxygens (including phenoxy) is 3. The number of anilines is 1. The standard InChI is InChI=1S/C23H38N4O3/c1-24-22(26-20-8-6-9-21(18-20)30-15-7-14-28-2)25-19-23(10-4-3-5-11-23)27-12-16-29-17-13-27/h6,8-9,18H,3-5,7,10-17,19H2,1-2H3,(H2,24,25,26). The van der Waals surface area contributed by atoms with E-state index >= 15 is 0 Å². The monoisotopic (exact) mass is 418 g/mol. The molecule has 1 saturated heterocycles. The fourth-order valence-electron chi connectivity index (χ4n) is 4.47. The van der Waals surface area contributed by atoms with Gasteiger partial charge in [-0.2, -0.15) is 0 Å². The SMILES string of the molecule is CN=C(NCC1(N2CCOCC2)CCCCC1)Nc1cccc(OCCCOC)c1. The second kappa shape index (κ2) is 12.1. The Morgan fingerprint density at radius 1 is 1.17 bits per heavy atom. The second-order valence-electron chi connectivity index (χ2n) is 8.16. The van der Waals surface area contributed by atoms with E-state index in [4.69, 9.17) is 14.2 Å². The first-order chi connectivity index (χ1) is 14.8. The topological polar surface area (TPSA) is 67.4 Å². The molecule has 0 bridgehead atoms. The maximum absolute atomic E-state index is 5.82. The molecule has 3 rings (SSSR count). The number of morpholine rings is 1. The molecule has 1 heterocycles. The summed E-state index contributed by atoms with van der Waals surface area (Å²) in [5.41, 5.74) is 1.17. The van der Waals surface area contributed by atoms with Crippen molar-refractivity contribution < 1.29 is 14.2 Å². The number of methoxy groups -OCH3 is 1. The van der Waals surface area contributed by atoms with Gasteiger partial charge >= 0.3 is 0 Å². The minimum Gasteiger partial charge on any atom is -0.493 e. The van der Waals surface area contributed by atoms with Crippen molar-refractivity contribution in [2.75, 3.05) is 65.5 Å². The lowest BCUT2D eigenvalue weighted by Gasteiger charge is -2.48. The summed E-state index contributed by atoms with van der Waals surface area (Å²) in [6.45, 7) is 5.98. The zero-order chi connectivity index (χ0) is 21.1. The van der Waals surface area contributed by atoms with Gasteiger partial charge in [-0.1, -0.05) is 25.3 Å². The molecule has 1 aliphatic carbocycles. The summed E-state index contributed by atoms with van der Waals surface area (Å²) in [7, 11) is 3.53. The van der Waals surface area contributed by atoms with E-state index < -0.39 is 0 Å². The summed E-state index contributed by atoms with van der Waals surface area (Å²) in [6, 6.07) is 8.02. The lowest BCUT2D eigenvalue weighted by molar-refractivity contribution is -0.0352. The van der Waals surface area contributed by atoms with Crippen LogP contribution in [0.1, 0.15) is 38.5 Å². The van der Waals surface area contributed by atoms with E-state index in [2.05, 4.69) is 20.5 Å². The highest BCUT2D eigenvalue weighted by Gasteiger charge is 2.38. The van der Waals surface area contributed by atoms with E-state index in [9.17, 15) is 0 Å². The molecule has 1 aromatic rings. The summed E-state index contributed by atoms with van der Waals surface area (Å²) >= 11 is 0. The Morgan fingerprint density at radius 3 is 2.70 bits per heavy atom. The first kappa shape index (κ1) is 22.8. The molecular formula is C23H38N4O3. The van der Waals surface area contributed by atoms with E-state index in [0.29, 0.717) is 13.2 Å². The lowest BCUT2D eigenvalue weighted by Crippen LogP contribution is -2.60. The van der Waals surface area contributed by atoms with E-state index in [-0.39, 0.29) is 5.54 Å². The Morgan fingerprint density at radius 2 is 1.97 bits per heavy atom. The van der Waals surface area contributed by atoms with Gasteiger partial charge in [-0.05, 0) is 25.0 Å². The van der Waals surface area contributed by atoms with Crippen LogP contribution in [-0.4, -0.2) is 76.6 Å². The predicted molar refractivity (Wildman–Crippen MR) is 122 cm³/mol. The van der Waals surface area contributed by atoms with Crippen LogP contribution >= 0.6 is 0 Å². The van der Waals surface area contributed by atoms with Crippen molar-refractivity contribution in [1.29, 1.82) is 0 Å². The molecule has 7 heteroatoms. The number of nitrogens with one attached hydrogen (secondary N) is 2. The lowest BCUT2D eigenvalue weighted by atomic mass is 9.80. The van der Waals surface area contributed by atoms with Gasteiger partial charge in [0, 0.05) is 64.1 Å². The predicted octanol–water partition coefficient (Wildman–Crippen LogP) is 3.12. The smallest absolute Gasteiger partial charge is 0.195 e. The van der Waals surface area contributed by atoms with E-state index in [0.717, 1.165) is 56.7 Å². The molecule has 30 heavy (non-hydrogen) atoms. The molecule has 0 atom stereocenters. The quantitative estimate of drug-likeness (QED) is 0.365. The Hall–Kier alpha value is -1.83. The minimum atomic E-state index is 0.200. The number of hydrogen-bond donors (Lipinski definition) is 2. The van der Waals surface area contributed by atoms with E-state index in [1.807, 2.05) is 31.3 Å². The summed E-state index contributed by atoms with van der Waals surface area (Å²) < 4.78 is 16.5. The van der Waals surface area contributed by atoms with Crippen LogP contribution in [0.4, 0.5) is 5.69 Å². The third-order valence-electron chi connectivity index (χ3n) is 6.13. The normalized spacial score (nSPS) is 20.0. The first-order valence-electron chi connectivity index (χ1n) is 11.3. The summed E-state index contributed by atoms with van der Waals surface area (Å²) in [6.07, 6.45) is 7.29. The van der Waals surface area contributed by atoms with Gasteiger partial charge in [0.25, 0.3) is 0 Å². The number of hydrogen-bond acceptors (Lipinski definition) is 5. The molecule has 2 N–H and O–H groups in total. The molecule has 7 nitrogen and oxygen atoms in total. The average molecular weight is 419 g/mol. The van der Waals surface area contributed by atoms with E-state index in [1.54, 1.807) is 7.11 Å². The van der Waals surface area contributed by atoms with Crippen molar-refractivity contribution in [2.24, 2.45) is 4.99 Å². The Labute approximate surface area is 181 Å². The summed E-state index contributed by atoms with van der Waals surface area (Å²) in [5.74, 6) is 1.65. The molecule has 0 unspecified atom stereocenters. The fourth-order valence-corrected chi connectivity index (χ4v) is 4.47. The molecule has 2 aliphatic rings. The highest BCUT2D eigenvalue weighted by atomic mass is 16.5. The largest absolute Gasteiger partial charge is 0.493 e. The number of nitrogens with zero attached hydrogens (tertiary/aromatic N) is 2. The molecule has 0 radical (unpaired) electrons. The van der Waals surface area contributed by atoms with Crippen LogP contribution in [-0.2, 0) is 9.47 Å². The van der Waals surface area contributed by atoms with Crippen molar-refractivity contribution in [1.82, 2.24) is 10.2 Å². The van der Waals surface area contributed by atoms with Crippen LogP contribution in [0.25, 0.3) is 0 Å². The van der Waals surface area contributed by atoms with E-state index in [1.165, 1.54) is 32.1 Å². The zero-order valence-corrected chi connectivity index (χ0v) is 18.6. The molecule has 0 amide bonds. The van der Waals surface area contributed by atoms with Crippen LogP contribution in [0, 0.1) is 0 Å². The zero-order valence-electron chi connectivity index (χ0n) is 18.6. The van der Waals surface area contributed by atoms with Crippen LogP contribution < -0.4 is 15.4 Å². The third kappa shape index (κ3) is 6.59. The van der Waals surface area contributed by atoms with Gasteiger partial charge in [0.1, 0.15) is 5.75 Å². The molecule has 1 saturated carbocycles. The summed E-state index contributed by atoms with van der Waals surface area (Å²) in [4.78, 5) is 7.10. The molecular weight excluding hydrogens is 380 g/mol. The average Bonchev–Trinajstić information content (AvgIpc) is 2.81. The van der Waals surface area contributed by atoms with Crippen molar-refractivity contribution >= 4 is 11.6 Å². The van der Waals surface area contributed by atoms with Crippen molar-refractivity contribution in [3.63, 3.8) is 0 Å². The van der Waals surface area contributed by atoms with Crippen LogP contribution in [0.5, 0.6) is 5.75 Å². The maximum Gasteiger partial charge on any atom is 0.195 e. The van der Waals surface area contributed by atoms with Gasteiger partial charge in [0.15, 0.2) is 5.96 Å². The number of guanidine groups is 1. The first-order valence-corrected chi connectivity index (χ1v) is 11.3. The molecule has 168 valence electrons. The van der Waals surface area contributed by atoms with Crippen LogP contribution in [0.2, 0.25) is 0 Å². The molecule has 1 aromatic carbocycles. The van der Waals surface area contributed by atoms with Gasteiger partial charge in [-0.15, -0.1) is 0 Å². The second-order valence-corrected chi connectivity index (χ2v) is 8.16. The third-order valence-corrected chi connectivity index (χ3v) is 6.13. The maximum atomic E-state index is 5.82. The highest BCUT2D eigenvalue weighted by molar-refractivity contribution is 5.93. The van der Waals surface area contributed by atoms with Gasteiger partial charge in [-0.25, -0.2) is 0 Å². The number of rotatable bonds is 9. The Balaban J connectivity index is 1.57. The Kier molecular flexibility index (Phi) is 9.24. The van der Waals surface area contributed by atoms with Gasteiger partial charge in [0.2, 0.25) is 0 Å². The molecule has 1 aliphatic heterocycles. The fraction of sp³-hybridized carbons (Fsp3) is 0.696. The highest BCUT2D eigenvalue weighted by Crippen LogP contribution is 2.34. The minimum absolute atomic E-state index is 0.200. The Bertz CT molecular complexity index is 656. The van der Waals surface area contributed by atoms with Crippen molar-refractivity contribution in [2.45, 2.75) is 44.1 Å². The van der Waals surface area contributed by atoms with Crippen LogP contribution in [0.3, 0.4) is 0 Å². The molecule has 2 fully saturated rings. The van der Waals surface area contributed by atoms with Gasteiger partial charge in [0.05, 0.1) is 19.8 Å². The van der Waals surface area contributed by atoms with Crippen molar-refractivity contribution in [3.8, 4) is 5.75 Å². The number of benzene rings is 1. The number of aliphatic imine (C=N–C) groups is 1. The van der Waals surface area contributed by atoms with Gasteiger partial charge in [-0.3, -0.25) is 9.89 Å². The van der Waals surface area contributed by atoms with Crippen molar-refractivity contribution in [3.05, 3.63) is 24.3 Å². The molecule has 0 aromatic heterocycles. The summed E-state index contributed by atoms with van der Waals surface area (Å²) in [5, 5.41) is 7.03. The van der Waals surface area contributed by atoms with Gasteiger partial charge < -0.3 is 24.8 Å².